The number of likely N-dealkylation sites (tertiary alicyclic amines) is 1. The van der Waals surface area contributed by atoms with Crippen molar-refractivity contribution in [3.63, 3.8) is 0 Å². The summed E-state index contributed by atoms with van der Waals surface area (Å²) in [4.78, 5) is 14.0. The molecule has 7 nitrogen and oxygen atoms in total. The number of nitrogens with one attached hydrogen (secondary N) is 1. The molecule has 0 saturated carbocycles. The van der Waals surface area contributed by atoms with Gasteiger partial charge in [0.25, 0.3) is 0 Å². The molecule has 1 fully saturated rings. The topological polar surface area (TPSA) is 102 Å². The molecule has 1 aromatic carbocycles. The molecule has 0 atom stereocenters. The smallest absolute Gasteiger partial charge is 0.240 e. The first-order valence-electron chi connectivity index (χ1n) is 8.18. The number of amides is 1. The van der Waals surface area contributed by atoms with Crippen LogP contribution in [0.4, 0.5) is 0 Å². The lowest BCUT2D eigenvalue weighted by Crippen LogP contribution is -2.43. The van der Waals surface area contributed by atoms with Crippen LogP contribution in [0.15, 0.2) is 29.2 Å². The van der Waals surface area contributed by atoms with Crippen LogP contribution in [0.5, 0.6) is 5.75 Å². The van der Waals surface area contributed by atoms with Gasteiger partial charge in [0.15, 0.2) is 0 Å². The van der Waals surface area contributed by atoms with E-state index >= 15 is 0 Å². The average molecular weight is 355 g/mol. The summed E-state index contributed by atoms with van der Waals surface area (Å²) < 4.78 is 32.2. The molecule has 134 valence electrons. The van der Waals surface area contributed by atoms with Crippen molar-refractivity contribution in [3.8, 4) is 5.75 Å². The summed E-state index contributed by atoms with van der Waals surface area (Å²) in [5.74, 6) is 0.575. The highest BCUT2D eigenvalue weighted by atomic mass is 32.2. The van der Waals surface area contributed by atoms with Gasteiger partial charge >= 0.3 is 0 Å². The second-order valence-corrected chi connectivity index (χ2v) is 7.54. The molecule has 8 heteroatoms. The van der Waals surface area contributed by atoms with Gasteiger partial charge in [-0.15, -0.1) is 0 Å². The number of rotatable bonds is 7. The van der Waals surface area contributed by atoms with Crippen LogP contribution in [-0.4, -0.2) is 51.5 Å². The van der Waals surface area contributed by atoms with E-state index in [1.54, 1.807) is 17.0 Å². The van der Waals surface area contributed by atoms with Gasteiger partial charge in [0.1, 0.15) is 5.75 Å². The molecular formula is C16H25N3O4S. The normalized spacial score (nSPS) is 16.2. The molecule has 1 aliphatic rings. The minimum atomic E-state index is -3.62. The number of nitrogens with zero attached hydrogens (tertiary/aromatic N) is 1. The fourth-order valence-electron chi connectivity index (χ4n) is 2.56. The Bertz CT molecular complexity index is 638. The Kier molecular flexibility index (Phi) is 6.59. The van der Waals surface area contributed by atoms with Crippen LogP contribution in [-0.2, 0) is 14.8 Å². The van der Waals surface area contributed by atoms with Crippen LogP contribution >= 0.6 is 0 Å². The van der Waals surface area contributed by atoms with Gasteiger partial charge in [0.05, 0.1) is 11.5 Å². The lowest BCUT2D eigenvalue weighted by molar-refractivity contribution is -0.132. The third-order valence-corrected chi connectivity index (χ3v) is 5.45. The maximum Gasteiger partial charge on any atom is 0.240 e. The van der Waals surface area contributed by atoms with Crippen LogP contribution in [0.25, 0.3) is 0 Å². The molecule has 0 bridgehead atoms. The summed E-state index contributed by atoms with van der Waals surface area (Å²) in [6.45, 7) is 3.75. The van der Waals surface area contributed by atoms with Crippen molar-refractivity contribution >= 4 is 15.9 Å². The number of carbonyl (C=O) groups is 1. The van der Waals surface area contributed by atoms with E-state index in [2.05, 4.69) is 4.72 Å². The minimum absolute atomic E-state index is 0.0451. The van der Waals surface area contributed by atoms with E-state index in [1.165, 1.54) is 12.1 Å². The third kappa shape index (κ3) is 5.19. The maximum absolute atomic E-state index is 12.2. The molecule has 0 aromatic heterocycles. The first-order valence-corrected chi connectivity index (χ1v) is 9.66. The van der Waals surface area contributed by atoms with Crippen molar-refractivity contribution in [2.75, 3.05) is 26.2 Å². The van der Waals surface area contributed by atoms with Crippen molar-refractivity contribution in [2.24, 2.45) is 5.73 Å². The highest BCUT2D eigenvalue weighted by molar-refractivity contribution is 7.89. The quantitative estimate of drug-likeness (QED) is 0.750. The predicted octanol–water partition coefficient (Wildman–Crippen LogP) is 0.703. The van der Waals surface area contributed by atoms with Gasteiger partial charge in [0, 0.05) is 32.1 Å². The Labute approximate surface area is 143 Å². The summed E-state index contributed by atoms with van der Waals surface area (Å²) >= 11 is 0. The van der Waals surface area contributed by atoms with Crippen LogP contribution in [0.1, 0.15) is 26.2 Å². The Balaban J connectivity index is 1.82. The fourth-order valence-corrected chi connectivity index (χ4v) is 3.60. The molecule has 0 aliphatic carbocycles. The van der Waals surface area contributed by atoms with Crippen molar-refractivity contribution in [2.45, 2.75) is 37.1 Å². The molecule has 1 aliphatic heterocycles. The number of benzene rings is 1. The van der Waals surface area contributed by atoms with Gasteiger partial charge in [-0.05, 0) is 44.0 Å². The Morgan fingerprint density at radius 2 is 1.92 bits per heavy atom. The zero-order valence-corrected chi connectivity index (χ0v) is 14.7. The third-order valence-electron chi connectivity index (χ3n) is 3.97. The second kappa shape index (κ2) is 8.46. The van der Waals surface area contributed by atoms with Crippen molar-refractivity contribution in [1.82, 2.24) is 9.62 Å². The van der Waals surface area contributed by atoms with Crippen molar-refractivity contribution in [1.29, 1.82) is 0 Å². The number of ether oxygens (including phenoxy) is 1. The molecule has 3 N–H and O–H groups in total. The van der Waals surface area contributed by atoms with E-state index in [0.29, 0.717) is 25.4 Å². The molecule has 2 rings (SSSR count). The van der Waals surface area contributed by atoms with Crippen molar-refractivity contribution < 1.29 is 17.9 Å². The SMILES string of the molecule is CCOc1ccc(S(=O)(=O)NCCC(=O)N2CCC(N)CC2)cc1. The van der Waals surface area contributed by atoms with Gasteiger partial charge in [-0.25, -0.2) is 13.1 Å². The zero-order chi connectivity index (χ0) is 17.6. The molecule has 1 saturated heterocycles. The lowest BCUT2D eigenvalue weighted by Gasteiger charge is -2.30. The first kappa shape index (κ1) is 18.7. The number of carbonyl (C=O) groups excluding carboxylic acids is 1. The standard InChI is InChI=1S/C16H25N3O4S/c1-2-23-14-3-5-15(6-4-14)24(21,22)18-10-7-16(20)19-11-8-13(17)9-12-19/h3-6,13,18H,2,7-12,17H2,1H3. The molecule has 0 unspecified atom stereocenters. The summed E-state index contributed by atoms with van der Waals surface area (Å²) in [7, 11) is -3.62. The average Bonchev–Trinajstić information content (AvgIpc) is 2.56. The highest BCUT2D eigenvalue weighted by Gasteiger charge is 2.21. The van der Waals surface area contributed by atoms with E-state index in [4.69, 9.17) is 10.5 Å². The van der Waals surface area contributed by atoms with E-state index in [1.807, 2.05) is 6.92 Å². The van der Waals surface area contributed by atoms with E-state index in [9.17, 15) is 13.2 Å². The zero-order valence-electron chi connectivity index (χ0n) is 13.9. The molecule has 24 heavy (non-hydrogen) atoms. The van der Waals surface area contributed by atoms with Crippen LogP contribution in [0.3, 0.4) is 0 Å². The molecular weight excluding hydrogens is 330 g/mol. The molecule has 1 heterocycles. The van der Waals surface area contributed by atoms with Crippen LogP contribution < -0.4 is 15.2 Å². The number of sulfonamides is 1. The number of hydrogen-bond acceptors (Lipinski definition) is 5. The Morgan fingerprint density at radius 1 is 1.29 bits per heavy atom. The Morgan fingerprint density at radius 3 is 2.50 bits per heavy atom. The summed E-state index contributed by atoms with van der Waals surface area (Å²) in [6, 6.07) is 6.36. The number of piperidine rings is 1. The molecule has 1 amide bonds. The van der Waals surface area contributed by atoms with Crippen LogP contribution in [0, 0.1) is 0 Å². The first-order chi connectivity index (χ1) is 11.4. The fraction of sp³-hybridized carbons (Fsp3) is 0.562. The second-order valence-electron chi connectivity index (χ2n) is 5.77. The molecule has 0 radical (unpaired) electrons. The highest BCUT2D eigenvalue weighted by Crippen LogP contribution is 2.16. The summed E-state index contributed by atoms with van der Waals surface area (Å²) in [5.41, 5.74) is 5.81. The minimum Gasteiger partial charge on any atom is -0.494 e. The molecule has 0 spiro atoms. The monoisotopic (exact) mass is 355 g/mol. The number of hydrogen-bond donors (Lipinski definition) is 2. The predicted molar refractivity (Wildman–Crippen MR) is 91.2 cm³/mol. The number of nitrogens with two attached hydrogens (primary N) is 1. The lowest BCUT2D eigenvalue weighted by atomic mass is 10.1. The van der Waals surface area contributed by atoms with Crippen molar-refractivity contribution in [3.05, 3.63) is 24.3 Å². The van der Waals surface area contributed by atoms with Gasteiger partial charge in [-0.2, -0.15) is 0 Å². The van der Waals surface area contributed by atoms with E-state index in [-0.39, 0.29) is 29.8 Å². The largest absolute Gasteiger partial charge is 0.494 e. The van der Waals surface area contributed by atoms with Gasteiger partial charge in [-0.1, -0.05) is 0 Å². The maximum atomic E-state index is 12.2. The molecule has 1 aromatic rings. The van der Waals surface area contributed by atoms with Gasteiger partial charge in [0.2, 0.25) is 15.9 Å². The van der Waals surface area contributed by atoms with Gasteiger partial charge < -0.3 is 15.4 Å². The summed E-state index contributed by atoms with van der Waals surface area (Å²) in [6.07, 6.45) is 1.73. The van der Waals surface area contributed by atoms with E-state index < -0.39 is 10.0 Å². The van der Waals surface area contributed by atoms with E-state index in [0.717, 1.165) is 12.8 Å². The van der Waals surface area contributed by atoms with Crippen LogP contribution in [0.2, 0.25) is 0 Å². The summed E-state index contributed by atoms with van der Waals surface area (Å²) in [5, 5.41) is 0. The van der Waals surface area contributed by atoms with Gasteiger partial charge in [-0.3, -0.25) is 4.79 Å². The Hall–Kier alpha value is -1.64.